The van der Waals surface area contributed by atoms with Gasteiger partial charge in [-0.15, -0.1) is 0 Å². The maximum Gasteiger partial charge on any atom is 0.276 e. The van der Waals surface area contributed by atoms with E-state index in [4.69, 9.17) is 16.6 Å². The van der Waals surface area contributed by atoms with Gasteiger partial charge in [0, 0.05) is 34.5 Å². The average molecular weight is 485 g/mol. The Morgan fingerprint density at radius 3 is 2.48 bits per heavy atom. The van der Waals surface area contributed by atoms with Crippen LogP contribution in [0.25, 0.3) is 10.8 Å². The molecule has 1 saturated heterocycles. The maximum absolute atomic E-state index is 13.0. The lowest BCUT2D eigenvalue weighted by Crippen LogP contribution is -2.54. The average Bonchev–Trinajstić information content (AvgIpc) is 3.23. The summed E-state index contributed by atoms with van der Waals surface area (Å²) in [7, 11) is 2.12. The van der Waals surface area contributed by atoms with Gasteiger partial charge in [-0.1, -0.05) is 48.3 Å². The van der Waals surface area contributed by atoms with Crippen molar-refractivity contribution in [2.24, 2.45) is 4.99 Å². The number of carbonyl (C=O) groups excluding carboxylic acids is 2. The molecule has 0 radical (unpaired) electrons. The van der Waals surface area contributed by atoms with Crippen LogP contribution in [0.1, 0.15) is 42.5 Å². The molecule has 0 spiro atoms. The van der Waals surface area contributed by atoms with Crippen LogP contribution in [0.5, 0.6) is 0 Å². The van der Waals surface area contributed by atoms with Crippen LogP contribution < -0.4 is 10.6 Å². The van der Waals surface area contributed by atoms with E-state index >= 15 is 0 Å². The zero-order chi connectivity index (χ0) is 22.9. The number of piperidine rings is 1. The second-order valence-electron chi connectivity index (χ2n) is 9.36. The standard InChI is InChI=1S/C25H29ClN4O2S/c1-30-11-10-21-22(14-30)33-25(29-21)24(32)28-20-5-3-2-4-19(20)27-23(31)17-7-6-16-13-18(26)9-8-15(16)12-17/h6-9,12-13,19-22H,2-5,10-11,14H2,1H3,(H,27,31)(H,28,32)/t19-,20+,21?,22?/m0/s1. The molecule has 174 valence electrons. The first-order valence-electron chi connectivity index (χ1n) is 11.7. The minimum Gasteiger partial charge on any atom is -0.347 e. The van der Waals surface area contributed by atoms with Gasteiger partial charge in [-0.25, -0.2) is 0 Å². The van der Waals surface area contributed by atoms with Gasteiger partial charge in [-0.2, -0.15) is 0 Å². The number of rotatable bonds is 4. The number of thioether (sulfide) groups is 1. The van der Waals surface area contributed by atoms with Crippen molar-refractivity contribution in [1.29, 1.82) is 0 Å². The third-order valence-corrected chi connectivity index (χ3v) is 8.45. The minimum atomic E-state index is -0.111. The molecule has 33 heavy (non-hydrogen) atoms. The summed E-state index contributed by atoms with van der Waals surface area (Å²) < 4.78 is 0. The normalized spacial score (nSPS) is 27.6. The number of fused-ring (bicyclic) bond motifs is 2. The number of nitrogens with zero attached hydrogens (tertiary/aromatic N) is 2. The minimum absolute atomic E-state index is 0.0805. The van der Waals surface area contributed by atoms with E-state index in [9.17, 15) is 9.59 Å². The van der Waals surface area contributed by atoms with Crippen LogP contribution >= 0.6 is 23.4 Å². The highest BCUT2D eigenvalue weighted by atomic mass is 35.5. The predicted molar refractivity (Wildman–Crippen MR) is 135 cm³/mol. The smallest absolute Gasteiger partial charge is 0.276 e. The third kappa shape index (κ3) is 5.05. The van der Waals surface area contributed by atoms with Crippen molar-refractivity contribution in [3.05, 3.63) is 47.0 Å². The van der Waals surface area contributed by atoms with Crippen LogP contribution in [-0.4, -0.2) is 65.3 Å². The zero-order valence-corrected chi connectivity index (χ0v) is 20.3. The first-order valence-corrected chi connectivity index (χ1v) is 13.0. The first kappa shape index (κ1) is 22.7. The number of likely N-dealkylation sites (tertiary alicyclic amines) is 1. The molecule has 0 bridgehead atoms. The van der Waals surface area contributed by atoms with E-state index < -0.39 is 0 Å². The molecule has 2 aromatic carbocycles. The largest absolute Gasteiger partial charge is 0.347 e. The Balaban J connectivity index is 1.24. The first-order chi connectivity index (χ1) is 16.0. The Labute approximate surface area is 203 Å². The van der Waals surface area contributed by atoms with Gasteiger partial charge in [0.2, 0.25) is 0 Å². The summed E-state index contributed by atoms with van der Waals surface area (Å²) in [5, 5.41) is 10.00. The summed E-state index contributed by atoms with van der Waals surface area (Å²) in [6, 6.07) is 11.4. The fourth-order valence-electron chi connectivity index (χ4n) is 5.07. The van der Waals surface area contributed by atoms with Gasteiger partial charge in [-0.05, 0) is 67.9 Å². The van der Waals surface area contributed by atoms with Crippen LogP contribution in [0.4, 0.5) is 0 Å². The summed E-state index contributed by atoms with van der Waals surface area (Å²) in [4.78, 5) is 33.1. The molecule has 5 rings (SSSR count). The van der Waals surface area contributed by atoms with E-state index in [1.54, 1.807) is 11.8 Å². The van der Waals surface area contributed by atoms with Crippen molar-refractivity contribution in [2.45, 2.75) is 55.5 Å². The van der Waals surface area contributed by atoms with Crippen molar-refractivity contribution in [3.8, 4) is 0 Å². The molecule has 3 aliphatic rings. The van der Waals surface area contributed by atoms with Gasteiger partial charge < -0.3 is 15.5 Å². The second-order valence-corrected chi connectivity index (χ2v) is 11.0. The predicted octanol–water partition coefficient (Wildman–Crippen LogP) is 3.87. The number of hydrogen-bond donors (Lipinski definition) is 2. The number of aliphatic imine (C=N–C) groups is 1. The van der Waals surface area contributed by atoms with Crippen LogP contribution in [-0.2, 0) is 4.79 Å². The monoisotopic (exact) mass is 484 g/mol. The van der Waals surface area contributed by atoms with Gasteiger partial charge in [0.1, 0.15) is 0 Å². The van der Waals surface area contributed by atoms with E-state index in [-0.39, 0.29) is 29.9 Å². The molecule has 2 aromatic rings. The van der Waals surface area contributed by atoms with Gasteiger partial charge in [0.15, 0.2) is 5.04 Å². The van der Waals surface area contributed by atoms with Crippen LogP contribution in [0.3, 0.4) is 0 Å². The Hall–Kier alpha value is -2.09. The highest BCUT2D eigenvalue weighted by molar-refractivity contribution is 8.16. The topological polar surface area (TPSA) is 73.8 Å². The van der Waals surface area contributed by atoms with Crippen molar-refractivity contribution in [3.63, 3.8) is 0 Å². The van der Waals surface area contributed by atoms with E-state index in [1.807, 2.05) is 36.4 Å². The maximum atomic E-state index is 13.0. The molecule has 4 atom stereocenters. The summed E-state index contributed by atoms with van der Waals surface area (Å²) in [6.45, 7) is 1.99. The zero-order valence-electron chi connectivity index (χ0n) is 18.7. The number of amides is 2. The van der Waals surface area contributed by atoms with E-state index in [1.165, 1.54) is 0 Å². The lowest BCUT2D eigenvalue weighted by atomic mass is 9.90. The Bertz CT molecular complexity index is 1110. The second kappa shape index (κ2) is 9.65. The molecule has 2 unspecified atom stereocenters. The molecule has 2 heterocycles. The molecule has 6 nitrogen and oxygen atoms in total. The molecule has 2 amide bonds. The number of carbonyl (C=O) groups is 2. The van der Waals surface area contributed by atoms with Gasteiger partial charge in [0.05, 0.1) is 6.04 Å². The van der Waals surface area contributed by atoms with Crippen molar-refractivity contribution < 1.29 is 9.59 Å². The van der Waals surface area contributed by atoms with E-state index in [2.05, 4.69) is 22.6 Å². The Morgan fingerprint density at radius 1 is 1.00 bits per heavy atom. The molecule has 1 aliphatic carbocycles. The molecule has 2 fully saturated rings. The van der Waals surface area contributed by atoms with Gasteiger partial charge in [-0.3, -0.25) is 14.6 Å². The number of nitrogens with one attached hydrogen (secondary N) is 2. The SMILES string of the molecule is CN1CCC2N=C(C(=O)N[C@@H]3CCCC[C@@H]3NC(=O)c3ccc4cc(Cl)ccc4c3)SC2C1. The van der Waals surface area contributed by atoms with E-state index in [0.29, 0.717) is 20.9 Å². The molecule has 2 N–H and O–H groups in total. The molecule has 1 saturated carbocycles. The summed E-state index contributed by atoms with van der Waals surface area (Å²) >= 11 is 7.68. The summed E-state index contributed by atoms with van der Waals surface area (Å²) in [5.74, 6) is -0.203. The van der Waals surface area contributed by atoms with Crippen LogP contribution in [0.15, 0.2) is 41.4 Å². The number of halogens is 1. The lowest BCUT2D eigenvalue weighted by molar-refractivity contribution is -0.115. The van der Waals surface area contributed by atoms with Crippen molar-refractivity contribution in [2.75, 3.05) is 20.1 Å². The highest BCUT2D eigenvalue weighted by Crippen LogP contribution is 2.33. The third-order valence-electron chi connectivity index (χ3n) is 6.93. The highest BCUT2D eigenvalue weighted by Gasteiger charge is 2.38. The quantitative estimate of drug-likeness (QED) is 0.691. The van der Waals surface area contributed by atoms with E-state index in [0.717, 1.165) is 56.0 Å². The fourth-order valence-corrected chi connectivity index (χ4v) is 6.59. The summed E-state index contributed by atoms with van der Waals surface area (Å²) in [5.41, 5.74) is 0.615. The molecule has 0 aromatic heterocycles. The van der Waals surface area contributed by atoms with Gasteiger partial charge >= 0.3 is 0 Å². The Morgan fingerprint density at radius 2 is 1.70 bits per heavy atom. The Kier molecular flexibility index (Phi) is 6.63. The van der Waals surface area contributed by atoms with Gasteiger partial charge in [0.25, 0.3) is 11.8 Å². The molecule has 8 heteroatoms. The number of hydrogen-bond acceptors (Lipinski definition) is 5. The molecule has 2 aliphatic heterocycles. The summed E-state index contributed by atoms with van der Waals surface area (Å²) in [6.07, 6.45) is 4.81. The molecular weight excluding hydrogens is 456 g/mol. The molecular formula is C25H29ClN4O2S. The van der Waals surface area contributed by atoms with Crippen molar-refractivity contribution in [1.82, 2.24) is 15.5 Å². The fraction of sp³-hybridized carbons (Fsp3) is 0.480. The van der Waals surface area contributed by atoms with Crippen LogP contribution in [0.2, 0.25) is 5.02 Å². The lowest BCUT2D eigenvalue weighted by Gasteiger charge is -2.33. The number of benzene rings is 2. The van der Waals surface area contributed by atoms with Crippen LogP contribution in [0, 0.1) is 0 Å². The van der Waals surface area contributed by atoms with Crippen molar-refractivity contribution >= 4 is 51.0 Å².